The summed E-state index contributed by atoms with van der Waals surface area (Å²) in [5.41, 5.74) is 1.51. The third kappa shape index (κ3) is 3.07. The molecule has 1 heterocycles. The van der Waals surface area contributed by atoms with E-state index in [2.05, 4.69) is 42.2 Å². The molecule has 0 aliphatic carbocycles. The zero-order chi connectivity index (χ0) is 10.5. The molecule has 0 unspecified atom stereocenters. The van der Waals surface area contributed by atoms with Crippen LogP contribution < -0.4 is 0 Å². The average Bonchev–Trinajstić information content (AvgIpc) is 2.31. The van der Waals surface area contributed by atoms with Crippen molar-refractivity contribution in [2.24, 2.45) is 5.92 Å². The van der Waals surface area contributed by atoms with Crippen LogP contribution in [-0.2, 0) is 6.42 Å². The number of hydrogen-bond acceptors (Lipinski definition) is 1. The van der Waals surface area contributed by atoms with Crippen LogP contribution in [0.15, 0.2) is 30.3 Å². The highest BCUT2D eigenvalue weighted by Crippen LogP contribution is 2.21. The lowest BCUT2D eigenvalue weighted by Gasteiger charge is -2.31. The van der Waals surface area contributed by atoms with E-state index in [0.29, 0.717) is 0 Å². The van der Waals surface area contributed by atoms with E-state index in [1.165, 1.54) is 44.5 Å². The Morgan fingerprint density at radius 3 is 2.40 bits per heavy atom. The van der Waals surface area contributed by atoms with Gasteiger partial charge in [0.2, 0.25) is 0 Å². The molecule has 0 atom stereocenters. The van der Waals surface area contributed by atoms with Crippen molar-refractivity contribution in [2.75, 3.05) is 19.6 Å². The number of rotatable bonds is 3. The van der Waals surface area contributed by atoms with Crippen molar-refractivity contribution in [2.45, 2.75) is 26.2 Å². The summed E-state index contributed by atoms with van der Waals surface area (Å²) < 4.78 is 0. The first-order chi connectivity index (χ1) is 7.38. The van der Waals surface area contributed by atoms with Crippen molar-refractivity contribution in [1.29, 1.82) is 0 Å². The first-order valence-electron chi connectivity index (χ1n) is 6.14. The zero-order valence-corrected chi connectivity index (χ0v) is 9.65. The quantitative estimate of drug-likeness (QED) is 0.730. The normalized spacial score (nSPS) is 19.3. The Bertz CT molecular complexity index is 273. The average molecular weight is 203 g/mol. The smallest absolute Gasteiger partial charge is 0.00161 e. The van der Waals surface area contributed by atoms with Crippen molar-refractivity contribution >= 4 is 0 Å². The molecule has 1 aliphatic rings. The predicted octanol–water partition coefficient (Wildman–Crippen LogP) is 2.96. The molecule has 1 aliphatic heterocycles. The lowest BCUT2D eigenvalue weighted by Crippen LogP contribution is -2.33. The zero-order valence-electron chi connectivity index (χ0n) is 9.65. The molecular formula is C14H21N. The van der Waals surface area contributed by atoms with Crippen molar-refractivity contribution < 1.29 is 0 Å². The first-order valence-corrected chi connectivity index (χ1v) is 6.14. The third-order valence-corrected chi connectivity index (χ3v) is 3.52. The highest BCUT2D eigenvalue weighted by molar-refractivity contribution is 5.15. The molecule has 0 bridgehead atoms. The number of piperidine rings is 1. The molecule has 0 N–H and O–H groups in total. The van der Waals surface area contributed by atoms with E-state index in [1.807, 2.05) is 0 Å². The van der Waals surface area contributed by atoms with Gasteiger partial charge in [0.05, 0.1) is 0 Å². The van der Waals surface area contributed by atoms with Gasteiger partial charge in [-0.2, -0.15) is 0 Å². The Hall–Kier alpha value is -0.820. The van der Waals surface area contributed by atoms with E-state index in [0.717, 1.165) is 5.92 Å². The molecule has 0 radical (unpaired) electrons. The van der Waals surface area contributed by atoms with Gasteiger partial charge in [0.25, 0.3) is 0 Å². The van der Waals surface area contributed by atoms with Crippen LogP contribution in [0.25, 0.3) is 0 Å². The maximum absolute atomic E-state index is 2.56. The Morgan fingerprint density at radius 1 is 1.13 bits per heavy atom. The van der Waals surface area contributed by atoms with Crippen molar-refractivity contribution in [3.05, 3.63) is 35.9 Å². The molecule has 0 saturated carbocycles. The molecule has 1 nitrogen and oxygen atoms in total. The first kappa shape index (κ1) is 10.7. The lowest BCUT2D eigenvalue weighted by atomic mass is 9.90. The van der Waals surface area contributed by atoms with E-state index in [9.17, 15) is 0 Å². The maximum Gasteiger partial charge on any atom is -0.00161 e. The van der Waals surface area contributed by atoms with Crippen LogP contribution in [0.2, 0.25) is 0 Å². The molecule has 1 aromatic carbocycles. The van der Waals surface area contributed by atoms with Gasteiger partial charge in [-0.25, -0.2) is 0 Å². The monoisotopic (exact) mass is 203 g/mol. The third-order valence-electron chi connectivity index (χ3n) is 3.52. The van der Waals surface area contributed by atoms with Crippen molar-refractivity contribution in [3.63, 3.8) is 0 Å². The highest BCUT2D eigenvalue weighted by Gasteiger charge is 2.17. The summed E-state index contributed by atoms with van der Waals surface area (Å²) in [5, 5.41) is 0. The van der Waals surface area contributed by atoms with E-state index < -0.39 is 0 Å². The van der Waals surface area contributed by atoms with Crippen LogP contribution in [0.5, 0.6) is 0 Å². The molecule has 0 spiro atoms. The fraction of sp³-hybridized carbons (Fsp3) is 0.571. The Kier molecular flexibility index (Phi) is 3.79. The van der Waals surface area contributed by atoms with Crippen LogP contribution in [0.1, 0.15) is 25.3 Å². The highest BCUT2D eigenvalue weighted by atomic mass is 15.1. The van der Waals surface area contributed by atoms with Crippen molar-refractivity contribution in [1.82, 2.24) is 4.90 Å². The summed E-state index contributed by atoms with van der Waals surface area (Å²) in [4.78, 5) is 2.56. The van der Waals surface area contributed by atoms with E-state index >= 15 is 0 Å². The lowest BCUT2D eigenvalue weighted by molar-refractivity contribution is 0.192. The SMILES string of the molecule is CCN1CCC(Cc2ccccc2)CC1. The molecule has 2 rings (SSSR count). The second-order valence-corrected chi connectivity index (χ2v) is 4.57. The van der Waals surface area contributed by atoms with Crippen LogP contribution in [-0.4, -0.2) is 24.5 Å². The molecule has 1 fully saturated rings. The van der Waals surface area contributed by atoms with Gasteiger partial charge in [0.15, 0.2) is 0 Å². The van der Waals surface area contributed by atoms with Gasteiger partial charge < -0.3 is 4.90 Å². The minimum atomic E-state index is 0.912. The van der Waals surface area contributed by atoms with Gasteiger partial charge in [-0.15, -0.1) is 0 Å². The summed E-state index contributed by atoms with van der Waals surface area (Å²) in [6.45, 7) is 6.08. The molecule has 0 amide bonds. The summed E-state index contributed by atoms with van der Waals surface area (Å²) in [7, 11) is 0. The number of hydrogen-bond donors (Lipinski definition) is 0. The predicted molar refractivity (Wildman–Crippen MR) is 65.0 cm³/mol. The number of nitrogens with zero attached hydrogens (tertiary/aromatic N) is 1. The molecule has 82 valence electrons. The maximum atomic E-state index is 2.56. The summed E-state index contributed by atoms with van der Waals surface area (Å²) >= 11 is 0. The van der Waals surface area contributed by atoms with Gasteiger partial charge >= 0.3 is 0 Å². The van der Waals surface area contributed by atoms with Crippen molar-refractivity contribution in [3.8, 4) is 0 Å². The summed E-state index contributed by atoms with van der Waals surface area (Å²) in [6, 6.07) is 10.9. The minimum absolute atomic E-state index is 0.912. The fourth-order valence-corrected chi connectivity index (χ4v) is 2.45. The van der Waals surface area contributed by atoms with E-state index in [1.54, 1.807) is 0 Å². The standard InChI is InChI=1S/C14H21N/c1-2-15-10-8-14(9-11-15)12-13-6-4-3-5-7-13/h3-7,14H,2,8-12H2,1H3. The van der Waals surface area contributed by atoms with Gasteiger partial charge in [-0.3, -0.25) is 0 Å². The van der Waals surface area contributed by atoms with Crippen LogP contribution in [0.4, 0.5) is 0 Å². The van der Waals surface area contributed by atoms with Gasteiger partial charge in [0.1, 0.15) is 0 Å². The Labute approximate surface area is 93.1 Å². The number of benzene rings is 1. The Balaban J connectivity index is 1.82. The second kappa shape index (κ2) is 5.32. The molecule has 15 heavy (non-hydrogen) atoms. The molecule has 1 heteroatoms. The molecule has 1 saturated heterocycles. The van der Waals surface area contributed by atoms with E-state index in [-0.39, 0.29) is 0 Å². The largest absolute Gasteiger partial charge is 0.304 e. The second-order valence-electron chi connectivity index (χ2n) is 4.57. The van der Waals surface area contributed by atoms with Gasteiger partial charge in [-0.1, -0.05) is 37.3 Å². The fourth-order valence-electron chi connectivity index (χ4n) is 2.45. The molecular weight excluding hydrogens is 182 g/mol. The summed E-state index contributed by atoms with van der Waals surface area (Å²) in [6.07, 6.45) is 4.03. The van der Waals surface area contributed by atoms with Crippen LogP contribution in [0, 0.1) is 5.92 Å². The summed E-state index contributed by atoms with van der Waals surface area (Å²) in [5.74, 6) is 0.912. The topological polar surface area (TPSA) is 3.24 Å². The van der Waals surface area contributed by atoms with Crippen LogP contribution in [0.3, 0.4) is 0 Å². The van der Waals surface area contributed by atoms with Crippen LogP contribution >= 0.6 is 0 Å². The Morgan fingerprint density at radius 2 is 1.80 bits per heavy atom. The molecule has 0 aromatic heterocycles. The van der Waals surface area contributed by atoms with Gasteiger partial charge in [0, 0.05) is 0 Å². The number of likely N-dealkylation sites (tertiary alicyclic amines) is 1. The van der Waals surface area contributed by atoms with E-state index in [4.69, 9.17) is 0 Å². The molecule has 1 aromatic rings. The van der Waals surface area contributed by atoms with Gasteiger partial charge in [-0.05, 0) is 50.4 Å². The minimum Gasteiger partial charge on any atom is -0.304 e.